The van der Waals surface area contributed by atoms with Crippen molar-refractivity contribution in [2.45, 2.75) is 19.9 Å². The molecule has 1 aromatic heterocycles. The van der Waals surface area contributed by atoms with Crippen molar-refractivity contribution in [1.82, 2.24) is 4.98 Å². The third-order valence-corrected chi connectivity index (χ3v) is 3.51. The second-order valence-electron chi connectivity index (χ2n) is 3.30. The number of rotatable bonds is 3. The highest BCUT2D eigenvalue weighted by Crippen LogP contribution is 2.28. The summed E-state index contributed by atoms with van der Waals surface area (Å²) in [6.45, 7) is 2.69. The molecule has 2 nitrogen and oxygen atoms in total. The first-order valence-corrected chi connectivity index (χ1v) is 5.91. The van der Waals surface area contributed by atoms with Gasteiger partial charge in [0, 0.05) is 17.0 Å². The lowest BCUT2D eigenvalue weighted by Gasteiger charge is -1.98. The second kappa shape index (κ2) is 4.55. The predicted octanol–water partition coefficient (Wildman–Crippen LogP) is 2.83. The quantitative estimate of drug-likeness (QED) is 0.860. The van der Waals surface area contributed by atoms with Crippen molar-refractivity contribution < 1.29 is 0 Å². The van der Waals surface area contributed by atoms with Gasteiger partial charge in [-0.3, -0.25) is 0 Å². The molecule has 2 rings (SSSR count). The average molecular weight is 218 g/mol. The van der Waals surface area contributed by atoms with E-state index in [1.165, 1.54) is 10.4 Å². The average Bonchev–Trinajstić information content (AvgIpc) is 2.73. The van der Waals surface area contributed by atoms with Gasteiger partial charge in [-0.05, 0) is 6.42 Å². The van der Waals surface area contributed by atoms with Crippen LogP contribution in [0.1, 0.15) is 16.8 Å². The Morgan fingerprint density at radius 3 is 2.60 bits per heavy atom. The monoisotopic (exact) mass is 218 g/mol. The molecule has 2 aromatic rings. The molecular weight excluding hydrogens is 204 g/mol. The van der Waals surface area contributed by atoms with Crippen molar-refractivity contribution in [2.75, 3.05) is 0 Å². The summed E-state index contributed by atoms with van der Waals surface area (Å²) in [5, 5.41) is 1.02. The first-order chi connectivity index (χ1) is 7.35. The Balaban J connectivity index is 2.47. The number of aromatic nitrogens is 1. The van der Waals surface area contributed by atoms with E-state index < -0.39 is 0 Å². The van der Waals surface area contributed by atoms with Gasteiger partial charge in [-0.15, -0.1) is 11.3 Å². The summed E-state index contributed by atoms with van der Waals surface area (Å²) >= 11 is 1.72. The molecule has 0 saturated heterocycles. The minimum absolute atomic E-state index is 0.532. The van der Waals surface area contributed by atoms with E-state index in [9.17, 15) is 0 Å². The van der Waals surface area contributed by atoms with Crippen LogP contribution in [0.4, 0.5) is 0 Å². The van der Waals surface area contributed by atoms with Crippen molar-refractivity contribution in [1.29, 1.82) is 0 Å². The highest BCUT2D eigenvalue weighted by molar-refractivity contribution is 7.12. The van der Waals surface area contributed by atoms with Crippen LogP contribution in [-0.2, 0) is 13.0 Å². The minimum Gasteiger partial charge on any atom is -0.325 e. The zero-order valence-electron chi connectivity index (χ0n) is 8.73. The summed E-state index contributed by atoms with van der Waals surface area (Å²) in [5.74, 6) is 0. The summed E-state index contributed by atoms with van der Waals surface area (Å²) in [4.78, 5) is 5.88. The molecule has 0 unspecified atom stereocenters. The summed E-state index contributed by atoms with van der Waals surface area (Å²) in [6.07, 6.45) is 1.02. The molecule has 15 heavy (non-hydrogen) atoms. The van der Waals surface area contributed by atoms with Crippen LogP contribution in [0.2, 0.25) is 0 Å². The fraction of sp³-hybridized carbons (Fsp3) is 0.250. The summed E-state index contributed by atoms with van der Waals surface area (Å²) in [6, 6.07) is 10.3. The smallest absolute Gasteiger partial charge is 0.107 e. The molecule has 0 bridgehead atoms. The van der Waals surface area contributed by atoms with Crippen LogP contribution in [-0.4, -0.2) is 4.98 Å². The molecule has 0 aliphatic rings. The summed E-state index contributed by atoms with van der Waals surface area (Å²) in [5.41, 5.74) is 7.90. The molecule has 0 amide bonds. The number of nitrogens with zero attached hydrogens (tertiary/aromatic N) is 1. The van der Waals surface area contributed by atoms with Gasteiger partial charge in [0.25, 0.3) is 0 Å². The number of thiazole rings is 1. The summed E-state index contributed by atoms with van der Waals surface area (Å²) in [7, 11) is 0. The van der Waals surface area contributed by atoms with E-state index in [0.29, 0.717) is 6.54 Å². The molecular formula is C12H14N2S. The van der Waals surface area contributed by atoms with Gasteiger partial charge in [-0.2, -0.15) is 0 Å². The highest BCUT2D eigenvalue weighted by Gasteiger charge is 2.09. The van der Waals surface area contributed by atoms with E-state index in [2.05, 4.69) is 24.0 Å². The molecule has 0 aliphatic heterocycles. The van der Waals surface area contributed by atoms with Crippen LogP contribution in [0.3, 0.4) is 0 Å². The third kappa shape index (κ3) is 2.08. The molecule has 0 aliphatic carbocycles. The van der Waals surface area contributed by atoms with Crippen molar-refractivity contribution >= 4 is 11.3 Å². The molecule has 0 fully saturated rings. The highest BCUT2D eigenvalue weighted by atomic mass is 32.1. The number of hydrogen-bond donors (Lipinski definition) is 1. The zero-order chi connectivity index (χ0) is 10.7. The standard InChI is InChI=1S/C12H14N2S/c1-2-10-12(14-11(8-13)15-10)9-6-4-3-5-7-9/h3-7H,2,8,13H2,1H3. The largest absolute Gasteiger partial charge is 0.325 e. The van der Waals surface area contributed by atoms with Crippen molar-refractivity contribution in [2.24, 2.45) is 5.73 Å². The Bertz CT molecular complexity index is 434. The fourth-order valence-corrected chi connectivity index (χ4v) is 2.46. The van der Waals surface area contributed by atoms with Crippen LogP contribution in [0.15, 0.2) is 30.3 Å². The lowest BCUT2D eigenvalue weighted by Crippen LogP contribution is -1.94. The van der Waals surface area contributed by atoms with Crippen molar-refractivity contribution in [3.8, 4) is 11.3 Å². The van der Waals surface area contributed by atoms with Gasteiger partial charge in [0.1, 0.15) is 5.01 Å². The van der Waals surface area contributed by atoms with E-state index in [4.69, 9.17) is 5.73 Å². The zero-order valence-corrected chi connectivity index (χ0v) is 9.55. The minimum atomic E-state index is 0.532. The van der Waals surface area contributed by atoms with E-state index in [-0.39, 0.29) is 0 Å². The Morgan fingerprint density at radius 2 is 2.00 bits per heavy atom. The maximum atomic E-state index is 5.61. The number of nitrogens with two attached hydrogens (primary N) is 1. The van der Waals surface area contributed by atoms with E-state index in [1.54, 1.807) is 11.3 Å². The van der Waals surface area contributed by atoms with Gasteiger partial charge < -0.3 is 5.73 Å². The molecule has 0 radical (unpaired) electrons. The van der Waals surface area contributed by atoms with Gasteiger partial charge in [0.2, 0.25) is 0 Å². The number of hydrogen-bond acceptors (Lipinski definition) is 3. The molecule has 0 atom stereocenters. The predicted molar refractivity (Wildman–Crippen MR) is 64.8 cm³/mol. The molecule has 0 saturated carbocycles. The lowest BCUT2D eigenvalue weighted by atomic mass is 10.1. The van der Waals surface area contributed by atoms with Gasteiger partial charge >= 0.3 is 0 Å². The normalized spacial score (nSPS) is 10.5. The topological polar surface area (TPSA) is 38.9 Å². The lowest BCUT2D eigenvalue weighted by molar-refractivity contribution is 1.04. The third-order valence-electron chi connectivity index (χ3n) is 2.28. The van der Waals surface area contributed by atoms with Gasteiger partial charge in [-0.1, -0.05) is 37.3 Å². The Morgan fingerprint density at radius 1 is 1.27 bits per heavy atom. The van der Waals surface area contributed by atoms with E-state index in [1.807, 2.05) is 18.2 Å². The van der Waals surface area contributed by atoms with Crippen LogP contribution < -0.4 is 5.73 Å². The second-order valence-corrected chi connectivity index (χ2v) is 4.47. The maximum Gasteiger partial charge on any atom is 0.107 e. The molecule has 78 valence electrons. The van der Waals surface area contributed by atoms with Crippen LogP contribution in [0, 0.1) is 0 Å². The van der Waals surface area contributed by atoms with Crippen LogP contribution >= 0.6 is 11.3 Å². The Kier molecular flexibility index (Phi) is 3.14. The Hall–Kier alpha value is -1.19. The molecule has 2 N–H and O–H groups in total. The first kappa shape index (κ1) is 10.3. The van der Waals surface area contributed by atoms with Gasteiger partial charge in [0.05, 0.1) is 5.69 Å². The van der Waals surface area contributed by atoms with Crippen molar-refractivity contribution in [3.05, 3.63) is 40.2 Å². The first-order valence-electron chi connectivity index (χ1n) is 5.09. The van der Waals surface area contributed by atoms with Crippen molar-refractivity contribution in [3.63, 3.8) is 0 Å². The van der Waals surface area contributed by atoms with Crippen LogP contribution in [0.5, 0.6) is 0 Å². The SMILES string of the molecule is CCc1sc(CN)nc1-c1ccccc1. The van der Waals surface area contributed by atoms with Crippen LogP contribution in [0.25, 0.3) is 11.3 Å². The fourth-order valence-electron chi connectivity index (χ4n) is 1.55. The number of benzene rings is 1. The summed E-state index contributed by atoms with van der Waals surface area (Å²) < 4.78 is 0. The Labute approximate surface area is 93.8 Å². The maximum absolute atomic E-state index is 5.61. The van der Waals surface area contributed by atoms with E-state index >= 15 is 0 Å². The molecule has 3 heteroatoms. The molecule has 1 aromatic carbocycles. The molecule has 0 spiro atoms. The van der Waals surface area contributed by atoms with Gasteiger partial charge in [-0.25, -0.2) is 4.98 Å². The van der Waals surface area contributed by atoms with E-state index in [0.717, 1.165) is 17.1 Å². The molecule has 1 heterocycles. The van der Waals surface area contributed by atoms with Gasteiger partial charge in [0.15, 0.2) is 0 Å². The number of aryl methyl sites for hydroxylation is 1.